The molecule has 136 valence electrons. The van der Waals surface area contributed by atoms with E-state index < -0.39 is 24.2 Å². The van der Waals surface area contributed by atoms with E-state index in [1.165, 1.54) is 48.5 Å². The molecule has 2 nitrogen and oxygen atoms in total. The van der Waals surface area contributed by atoms with E-state index in [1.54, 1.807) is 0 Å². The highest BCUT2D eigenvalue weighted by molar-refractivity contribution is 5.78. The Morgan fingerprint density at radius 3 is 1.15 bits per heavy atom. The van der Waals surface area contributed by atoms with E-state index in [1.807, 2.05) is 0 Å². The van der Waals surface area contributed by atoms with Gasteiger partial charge in [0.05, 0.1) is 0 Å². The van der Waals surface area contributed by atoms with Crippen LogP contribution in [0.3, 0.4) is 0 Å². The van der Waals surface area contributed by atoms with Crippen LogP contribution in [0, 0.1) is 0 Å². The predicted octanol–water partition coefficient (Wildman–Crippen LogP) is 6.58. The molecule has 0 aliphatic heterocycles. The molecule has 0 amide bonds. The molecule has 0 bridgehead atoms. The molecular weight excluding hydrogens is 362 g/mol. The van der Waals surface area contributed by atoms with E-state index in [4.69, 9.17) is 0 Å². The zero-order valence-corrected chi connectivity index (χ0v) is 12.9. The highest BCUT2D eigenvalue weighted by Gasteiger charge is 2.10. The summed E-state index contributed by atoms with van der Waals surface area (Å²) >= 11 is 0. The molecule has 0 aliphatic carbocycles. The molecule has 0 saturated heterocycles. The van der Waals surface area contributed by atoms with Gasteiger partial charge in [-0.25, -0.2) is 0 Å². The van der Waals surface area contributed by atoms with Crippen LogP contribution in [0.25, 0.3) is 5.57 Å². The molecule has 0 saturated carbocycles. The highest BCUT2D eigenvalue weighted by atomic mass is 19.3. The van der Waals surface area contributed by atoms with E-state index in [0.717, 1.165) is 0 Å². The lowest BCUT2D eigenvalue weighted by atomic mass is 9.99. The van der Waals surface area contributed by atoms with Gasteiger partial charge in [0.1, 0.15) is 11.5 Å². The summed E-state index contributed by atoms with van der Waals surface area (Å²) in [4.78, 5) is 0. The predicted molar refractivity (Wildman–Crippen MR) is 83.0 cm³/mol. The Kier molecular flexibility index (Phi) is 6.11. The van der Waals surface area contributed by atoms with E-state index in [9.17, 15) is 26.3 Å². The van der Waals surface area contributed by atoms with E-state index in [2.05, 4.69) is 16.1 Å². The van der Waals surface area contributed by atoms with Crippen molar-refractivity contribution in [2.75, 3.05) is 0 Å². The maximum absolute atomic E-state index is 12.7. The average molecular weight is 372 g/mol. The van der Waals surface area contributed by atoms with Crippen LogP contribution >= 0.6 is 0 Å². The third kappa shape index (κ3) is 4.92. The molecule has 0 aromatic heterocycles. The Morgan fingerprint density at radius 2 is 0.885 bits per heavy atom. The van der Waals surface area contributed by atoms with Crippen molar-refractivity contribution in [3.05, 3.63) is 90.4 Å². The largest absolute Gasteiger partial charge is 0.428 e. The Bertz CT molecular complexity index is 775. The Labute approximate surface area is 144 Å². The maximum Gasteiger partial charge on any atom is 0.344 e. The zero-order valence-electron chi connectivity index (χ0n) is 12.9. The van der Waals surface area contributed by atoms with Crippen molar-refractivity contribution in [3.63, 3.8) is 0 Å². The summed E-state index contributed by atoms with van der Waals surface area (Å²) < 4.78 is 82.0. The van der Waals surface area contributed by atoms with Gasteiger partial charge in [-0.3, -0.25) is 0 Å². The summed E-state index contributed by atoms with van der Waals surface area (Å²) in [7, 11) is 0. The van der Waals surface area contributed by atoms with Crippen molar-refractivity contribution in [2.45, 2.75) is 0 Å². The lowest BCUT2D eigenvalue weighted by molar-refractivity contribution is 0.241. The summed E-state index contributed by atoms with van der Waals surface area (Å²) in [5, 5.41) is 0. The molecular formula is C18H10F6O2. The Hall–Kier alpha value is -3.16. The maximum atomic E-state index is 12.7. The lowest BCUT2D eigenvalue weighted by Gasteiger charge is -2.09. The second-order valence-corrected chi connectivity index (χ2v) is 4.80. The topological polar surface area (TPSA) is 18.5 Å². The van der Waals surface area contributed by atoms with Crippen molar-refractivity contribution in [1.82, 2.24) is 0 Å². The minimum absolute atomic E-state index is 0.133. The first kappa shape index (κ1) is 19.2. The molecule has 0 radical (unpaired) electrons. The van der Waals surface area contributed by atoms with Gasteiger partial charge in [-0.1, -0.05) is 30.8 Å². The molecule has 0 spiro atoms. The molecule has 2 aromatic carbocycles. The molecule has 0 fully saturated rings. The molecule has 26 heavy (non-hydrogen) atoms. The Morgan fingerprint density at radius 1 is 0.577 bits per heavy atom. The van der Waals surface area contributed by atoms with Gasteiger partial charge in [0, 0.05) is 0 Å². The van der Waals surface area contributed by atoms with E-state index in [-0.39, 0.29) is 11.5 Å². The second-order valence-electron chi connectivity index (χ2n) is 4.80. The fourth-order valence-corrected chi connectivity index (χ4v) is 1.90. The monoisotopic (exact) mass is 372 g/mol. The van der Waals surface area contributed by atoms with Gasteiger partial charge in [0.2, 0.25) is 0 Å². The van der Waals surface area contributed by atoms with Crippen LogP contribution in [0.1, 0.15) is 11.1 Å². The van der Waals surface area contributed by atoms with Gasteiger partial charge in [0.25, 0.3) is 0 Å². The number of rotatable bonds is 6. The average Bonchev–Trinajstić information content (AvgIpc) is 2.62. The van der Waals surface area contributed by atoms with Gasteiger partial charge in [-0.2, -0.15) is 26.3 Å². The number of halogens is 6. The number of ether oxygens (including phenoxy) is 2. The molecule has 2 aromatic rings. The molecule has 0 atom stereocenters. The van der Waals surface area contributed by atoms with Crippen LogP contribution in [0.4, 0.5) is 26.3 Å². The van der Waals surface area contributed by atoms with Gasteiger partial charge in [0.15, 0.2) is 0 Å². The number of hydrogen-bond acceptors (Lipinski definition) is 2. The van der Waals surface area contributed by atoms with Crippen molar-refractivity contribution in [2.24, 2.45) is 0 Å². The van der Waals surface area contributed by atoms with E-state index in [0.29, 0.717) is 16.7 Å². The van der Waals surface area contributed by atoms with Crippen LogP contribution in [0.5, 0.6) is 11.5 Å². The van der Waals surface area contributed by atoms with Crippen LogP contribution in [0.2, 0.25) is 0 Å². The molecule has 2 rings (SSSR count). The minimum Gasteiger partial charge on any atom is -0.428 e. The van der Waals surface area contributed by atoms with E-state index >= 15 is 0 Å². The first-order valence-corrected chi connectivity index (χ1v) is 6.95. The third-order valence-corrected chi connectivity index (χ3v) is 3.12. The minimum atomic E-state index is -2.57. The van der Waals surface area contributed by atoms with Gasteiger partial charge >= 0.3 is 24.2 Å². The highest BCUT2D eigenvalue weighted by Crippen LogP contribution is 2.27. The van der Waals surface area contributed by atoms with Crippen molar-refractivity contribution in [3.8, 4) is 11.5 Å². The summed E-state index contributed by atoms with van der Waals surface area (Å²) in [6, 6.07) is 6.96. The van der Waals surface area contributed by atoms with Crippen molar-refractivity contribution in [1.29, 1.82) is 0 Å². The third-order valence-electron chi connectivity index (χ3n) is 3.12. The van der Waals surface area contributed by atoms with Gasteiger partial charge < -0.3 is 9.47 Å². The lowest BCUT2D eigenvalue weighted by Crippen LogP contribution is -1.93. The van der Waals surface area contributed by atoms with Gasteiger partial charge in [-0.15, -0.1) is 0 Å². The summed E-state index contributed by atoms with van der Waals surface area (Å²) in [5.74, 6) is -0.266. The molecule has 0 heterocycles. The summed E-state index contributed by atoms with van der Waals surface area (Å²) in [6.45, 7) is 3.84. The molecule has 0 aliphatic rings. The molecule has 8 heteroatoms. The number of benzene rings is 2. The first-order valence-electron chi connectivity index (χ1n) is 6.95. The standard InChI is InChI=1S/C18H10F6O2/c1-10(11-2-6-13(7-3-11)25-17(23)15(19)20)12-4-8-14(9-5-12)26-18(24)16(21)22/h2-9H,1H2. The van der Waals surface area contributed by atoms with Gasteiger partial charge in [-0.05, 0) is 41.0 Å². The normalized spacial score (nSPS) is 10.1. The van der Waals surface area contributed by atoms with Crippen LogP contribution in [-0.4, -0.2) is 0 Å². The van der Waals surface area contributed by atoms with Crippen molar-refractivity contribution >= 4 is 5.57 Å². The SMILES string of the molecule is C=C(c1ccc(OC(F)=C(F)F)cc1)c1ccc(OC(F)=C(F)F)cc1. The van der Waals surface area contributed by atoms with Crippen LogP contribution in [0.15, 0.2) is 79.3 Å². The number of hydrogen-bond donors (Lipinski definition) is 0. The molecule has 0 N–H and O–H groups in total. The quantitative estimate of drug-likeness (QED) is 0.421. The summed E-state index contributed by atoms with van der Waals surface area (Å²) in [6.07, 6.45) is -5.14. The van der Waals surface area contributed by atoms with Crippen LogP contribution < -0.4 is 9.47 Å². The fourth-order valence-electron chi connectivity index (χ4n) is 1.90. The summed E-state index contributed by atoms with van der Waals surface area (Å²) in [5.41, 5.74) is 1.62. The van der Waals surface area contributed by atoms with Crippen molar-refractivity contribution < 1.29 is 35.8 Å². The fraction of sp³-hybridized carbons (Fsp3) is 0. The second kappa shape index (κ2) is 8.28. The van der Waals surface area contributed by atoms with Crippen LogP contribution in [-0.2, 0) is 0 Å². The molecule has 0 unspecified atom stereocenters. The zero-order chi connectivity index (χ0) is 19.3. The first-order chi connectivity index (χ1) is 12.3. The Balaban J connectivity index is 2.11. The smallest absolute Gasteiger partial charge is 0.344 e.